The largest absolute Gasteiger partial charge is 0.508 e. The van der Waals surface area contributed by atoms with Crippen molar-refractivity contribution in [3.8, 4) is 5.75 Å². The van der Waals surface area contributed by atoms with Crippen molar-refractivity contribution in [3.05, 3.63) is 45.1 Å². The van der Waals surface area contributed by atoms with Gasteiger partial charge in [0.05, 0.1) is 11.8 Å². The lowest BCUT2D eigenvalue weighted by Gasteiger charge is -2.14. The van der Waals surface area contributed by atoms with Crippen LogP contribution in [0.1, 0.15) is 36.6 Å². The number of carbonyl (C=O) groups is 1. The summed E-state index contributed by atoms with van der Waals surface area (Å²) in [6, 6.07) is 4.62. The highest BCUT2D eigenvalue weighted by Crippen LogP contribution is 2.31. The first-order valence-electron chi connectivity index (χ1n) is 7.51. The molecule has 8 nitrogen and oxygen atoms in total. The number of carbonyl (C=O) groups excluding carboxylic acids is 1. The summed E-state index contributed by atoms with van der Waals surface area (Å²) < 4.78 is 1.06. The number of rotatable bonds is 5. The number of phenols is 1. The van der Waals surface area contributed by atoms with Gasteiger partial charge in [-0.2, -0.15) is 0 Å². The van der Waals surface area contributed by atoms with Crippen LogP contribution in [0.2, 0.25) is 0 Å². The van der Waals surface area contributed by atoms with Crippen molar-refractivity contribution in [2.24, 2.45) is 0 Å². The fraction of sp³-hybridized carbons (Fsp3) is 0.375. The molecule has 0 spiro atoms. The zero-order chi connectivity index (χ0) is 18.0. The molecule has 0 aliphatic heterocycles. The molecular formula is C16H20N4O4. The van der Waals surface area contributed by atoms with Gasteiger partial charge < -0.3 is 20.5 Å². The van der Waals surface area contributed by atoms with Crippen LogP contribution in [-0.4, -0.2) is 25.7 Å². The summed E-state index contributed by atoms with van der Waals surface area (Å²) in [4.78, 5) is 22.6. The van der Waals surface area contributed by atoms with Crippen LogP contribution in [-0.2, 0) is 11.3 Å². The summed E-state index contributed by atoms with van der Waals surface area (Å²) in [6.07, 6.45) is 0. The molecule has 0 aliphatic rings. The SMILES string of the molecule is Cc1cc([N+](=O)[O-])n(CC(=O)Nc2cc(C(C)C)c(O)cc2C)n1. The van der Waals surface area contributed by atoms with E-state index >= 15 is 0 Å². The van der Waals surface area contributed by atoms with Gasteiger partial charge >= 0.3 is 5.82 Å². The number of nitro groups is 1. The van der Waals surface area contributed by atoms with Gasteiger partial charge in [0.1, 0.15) is 5.75 Å². The number of hydrogen-bond acceptors (Lipinski definition) is 5. The topological polar surface area (TPSA) is 110 Å². The Hall–Kier alpha value is -2.90. The molecule has 128 valence electrons. The Kier molecular flexibility index (Phi) is 4.87. The van der Waals surface area contributed by atoms with Crippen molar-refractivity contribution in [2.45, 2.75) is 40.2 Å². The first kappa shape index (κ1) is 17.5. The first-order chi connectivity index (χ1) is 11.2. The molecule has 2 N–H and O–H groups in total. The van der Waals surface area contributed by atoms with Crippen LogP contribution in [0.15, 0.2) is 18.2 Å². The third-order valence-corrected chi connectivity index (χ3v) is 3.63. The van der Waals surface area contributed by atoms with E-state index in [1.165, 1.54) is 6.07 Å². The zero-order valence-corrected chi connectivity index (χ0v) is 14.0. The molecule has 1 amide bonds. The van der Waals surface area contributed by atoms with Crippen LogP contribution in [0.3, 0.4) is 0 Å². The van der Waals surface area contributed by atoms with Crippen LogP contribution in [0.5, 0.6) is 5.75 Å². The lowest BCUT2D eigenvalue weighted by atomic mass is 9.99. The second kappa shape index (κ2) is 6.69. The van der Waals surface area contributed by atoms with Gasteiger partial charge in [-0.15, -0.1) is 4.68 Å². The number of nitrogens with zero attached hydrogens (tertiary/aromatic N) is 3. The van der Waals surface area contributed by atoms with Gasteiger partial charge in [-0.25, -0.2) is 0 Å². The molecule has 0 fully saturated rings. The molecule has 0 saturated carbocycles. The molecule has 0 atom stereocenters. The lowest BCUT2D eigenvalue weighted by molar-refractivity contribution is -0.392. The van der Waals surface area contributed by atoms with Gasteiger partial charge in [-0.3, -0.25) is 4.79 Å². The minimum atomic E-state index is -0.573. The van der Waals surface area contributed by atoms with Crippen LogP contribution in [0.25, 0.3) is 0 Å². The number of hydrogen-bond donors (Lipinski definition) is 2. The van der Waals surface area contributed by atoms with Gasteiger partial charge in [0, 0.05) is 5.69 Å². The maximum Gasteiger partial charge on any atom is 0.345 e. The predicted octanol–water partition coefficient (Wildman–Crippen LogP) is 2.88. The van der Waals surface area contributed by atoms with E-state index in [0.29, 0.717) is 16.9 Å². The van der Waals surface area contributed by atoms with Gasteiger partial charge in [0.15, 0.2) is 6.54 Å². The van der Waals surface area contributed by atoms with E-state index in [2.05, 4.69) is 10.4 Å². The molecule has 0 unspecified atom stereocenters. The van der Waals surface area contributed by atoms with Crippen LogP contribution >= 0.6 is 0 Å². The van der Waals surface area contributed by atoms with Crippen molar-refractivity contribution in [3.63, 3.8) is 0 Å². The summed E-state index contributed by atoms with van der Waals surface area (Å²) in [6.45, 7) is 7.00. The third-order valence-electron chi connectivity index (χ3n) is 3.63. The van der Waals surface area contributed by atoms with Crippen molar-refractivity contribution >= 4 is 17.4 Å². The third kappa shape index (κ3) is 3.70. The van der Waals surface area contributed by atoms with Gasteiger partial charge in [-0.05, 0) is 47.9 Å². The van der Waals surface area contributed by atoms with Crippen molar-refractivity contribution in [1.82, 2.24) is 9.78 Å². The van der Waals surface area contributed by atoms with E-state index in [4.69, 9.17) is 0 Å². The Morgan fingerprint density at radius 2 is 2.04 bits per heavy atom. The average Bonchev–Trinajstić information content (AvgIpc) is 2.82. The highest BCUT2D eigenvalue weighted by atomic mass is 16.6. The van der Waals surface area contributed by atoms with E-state index in [1.807, 2.05) is 13.8 Å². The first-order valence-corrected chi connectivity index (χ1v) is 7.51. The number of phenolic OH excluding ortho intramolecular Hbond substituents is 1. The monoisotopic (exact) mass is 332 g/mol. The fourth-order valence-electron chi connectivity index (χ4n) is 2.43. The molecule has 0 aliphatic carbocycles. The Labute approximate surface area is 139 Å². The number of aromatic hydroxyl groups is 1. The number of anilines is 1. The average molecular weight is 332 g/mol. The summed E-state index contributed by atoms with van der Waals surface area (Å²) in [7, 11) is 0. The lowest BCUT2D eigenvalue weighted by Crippen LogP contribution is -2.21. The number of benzene rings is 1. The summed E-state index contributed by atoms with van der Waals surface area (Å²) >= 11 is 0. The smallest absolute Gasteiger partial charge is 0.345 e. The van der Waals surface area contributed by atoms with Crippen molar-refractivity contribution < 1.29 is 14.8 Å². The zero-order valence-electron chi connectivity index (χ0n) is 14.0. The predicted molar refractivity (Wildman–Crippen MR) is 89.2 cm³/mol. The highest BCUT2D eigenvalue weighted by Gasteiger charge is 2.20. The standard InChI is InChI=1S/C16H20N4O4/c1-9(2)12-7-13(10(3)5-14(12)21)17-15(22)8-19-16(20(23)24)6-11(4)18-19/h5-7,9,21H,8H2,1-4H3,(H,17,22). The number of nitrogens with one attached hydrogen (secondary N) is 1. The quantitative estimate of drug-likeness (QED) is 0.497. The minimum absolute atomic E-state index is 0.0936. The molecule has 8 heteroatoms. The summed E-state index contributed by atoms with van der Waals surface area (Å²) in [5, 5.41) is 27.6. The summed E-state index contributed by atoms with van der Waals surface area (Å²) in [5.74, 6) is -0.382. The number of amides is 1. The Morgan fingerprint density at radius 3 is 2.62 bits per heavy atom. The molecule has 2 aromatic rings. The Bertz CT molecular complexity index is 796. The molecule has 0 saturated heterocycles. The number of aromatic nitrogens is 2. The van der Waals surface area contributed by atoms with E-state index in [9.17, 15) is 20.0 Å². The minimum Gasteiger partial charge on any atom is -0.508 e. The molecule has 2 rings (SSSR count). The van der Waals surface area contributed by atoms with Crippen molar-refractivity contribution in [2.75, 3.05) is 5.32 Å². The second-order valence-corrected chi connectivity index (χ2v) is 5.99. The Balaban J connectivity index is 2.22. The van der Waals surface area contributed by atoms with E-state index in [1.54, 1.807) is 26.0 Å². The van der Waals surface area contributed by atoms with Crippen LogP contribution < -0.4 is 5.32 Å². The maximum atomic E-state index is 12.2. The fourth-order valence-corrected chi connectivity index (χ4v) is 2.43. The molecule has 0 bridgehead atoms. The molecular weight excluding hydrogens is 312 g/mol. The number of aryl methyl sites for hydroxylation is 2. The molecule has 1 aromatic heterocycles. The van der Waals surface area contributed by atoms with Crippen LogP contribution in [0, 0.1) is 24.0 Å². The molecule has 0 radical (unpaired) electrons. The highest BCUT2D eigenvalue weighted by molar-refractivity contribution is 5.91. The van der Waals surface area contributed by atoms with Crippen LogP contribution in [0.4, 0.5) is 11.5 Å². The van der Waals surface area contributed by atoms with E-state index < -0.39 is 10.8 Å². The maximum absolute atomic E-state index is 12.2. The van der Waals surface area contributed by atoms with Gasteiger partial charge in [-0.1, -0.05) is 18.9 Å². The Morgan fingerprint density at radius 1 is 1.38 bits per heavy atom. The van der Waals surface area contributed by atoms with Crippen molar-refractivity contribution in [1.29, 1.82) is 0 Å². The van der Waals surface area contributed by atoms with E-state index in [0.717, 1.165) is 10.2 Å². The van der Waals surface area contributed by atoms with E-state index in [-0.39, 0.29) is 24.0 Å². The second-order valence-electron chi connectivity index (χ2n) is 5.99. The molecule has 1 aromatic carbocycles. The van der Waals surface area contributed by atoms with Gasteiger partial charge in [0.2, 0.25) is 0 Å². The summed E-state index contributed by atoms with van der Waals surface area (Å²) in [5.41, 5.74) is 2.46. The van der Waals surface area contributed by atoms with Gasteiger partial charge in [0.25, 0.3) is 5.91 Å². The molecule has 24 heavy (non-hydrogen) atoms. The normalized spacial score (nSPS) is 10.9. The molecule has 1 heterocycles.